The molecular weight excluding hydrogens is 232 g/mol. The molecule has 1 unspecified atom stereocenters. The van der Waals surface area contributed by atoms with Gasteiger partial charge in [-0.2, -0.15) is 0 Å². The van der Waals surface area contributed by atoms with Crippen molar-refractivity contribution >= 4 is 27.2 Å². The third kappa shape index (κ3) is 2.42. The van der Waals surface area contributed by atoms with Gasteiger partial charge in [0.25, 0.3) is 0 Å². The largest absolute Gasteiger partial charge is 0.497 e. The van der Waals surface area contributed by atoms with Crippen LogP contribution in [0.1, 0.15) is 12.8 Å². The van der Waals surface area contributed by atoms with Crippen LogP contribution >= 0.6 is 11.3 Å². The van der Waals surface area contributed by atoms with Crippen molar-refractivity contribution in [1.29, 1.82) is 0 Å². The standard InChI is InChI=1S/C13H14N2OS/c1-2-6-16-11(3-1)8-14-10-4-5-12-13(7-10)17-9-15-12/h2,4-7,9,11,14H,1,3,8H2. The minimum atomic E-state index is 0.289. The summed E-state index contributed by atoms with van der Waals surface area (Å²) in [5.74, 6) is 0. The van der Waals surface area contributed by atoms with Crippen molar-refractivity contribution in [1.82, 2.24) is 4.98 Å². The number of rotatable bonds is 3. The molecule has 4 heteroatoms. The Hall–Kier alpha value is -1.55. The first kappa shape index (κ1) is 10.6. The molecule has 1 atom stereocenters. The minimum Gasteiger partial charge on any atom is -0.497 e. The molecule has 1 aromatic carbocycles. The molecule has 0 saturated heterocycles. The molecule has 0 saturated carbocycles. The number of ether oxygens (including phenoxy) is 1. The van der Waals surface area contributed by atoms with Gasteiger partial charge in [0.2, 0.25) is 0 Å². The van der Waals surface area contributed by atoms with Gasteiger partial charge >= 0.3 is 0 Å². The molecule has 17 heavy (non-hydrogen) atoms. The first-order chi connectivity index (χ1) is 8.42. The van der Waals surface area contributed by atoms with Crippen LogP contribution in [0.25, 0.3) is 10.2 Å². The van der Waals surface area contributed by atoms with E-state index in [4.69, 9.17) is 4.74 Å². The Bertz CT molecular complexity index is 535. The van der Waals surface area contributed by atoms with Crippen molar-refractivity contribution in [3.8, 4) is 0 Å². The molecule has 1 aromatic heterocycles. The number of benzene rings is 1. The first-order valence-electron chi connectivity index (χ1n) is 5.79. The van der Waals surface area contributed by atoms with E-state index in [0.717, 1.165) is 30.6 Å². The number of thiazole rings is 1. The van der Waals surface area contributed by atoms with Gasteiger partial charge in [0.1, 0.15) is 6.10 Å². The zero-order valence-electron chi connectivity index (χ0n) is 9.43. The fourth-order valence-electron chi connectivity index (χ4n) is 1.93. The highest BCUT2D eigenvalue weighted by Crippen LogP contribution is 2.22. The Morgan fingerprint density at radius 3 is 3.35 bits per heavy atom. The summed E-state index contributed by atoms with van der Waals surface area (Å²) in [5.41, 5.74) is 4.08. The Balaban J connectivity index is 1.65. The number of allylic oxidation sites excluding steroid dienone is 1. The van der Waals surface area contributed by atoms with Gasteiger partial charge in [0, 0.05) is 5.69 Å². The quantitative estimate of drug-likeness (QED) is 0.901. The molecule has 3 nitrogen and oxygen atoms in total. The van der Waals surface area contributed by atoms with Crippen LogP contribution in [0.5, 0.6) is 0 Å². The zero-order chi connectivity index (χ0) is 11.5. The smallest absolute Gasteiger partial charge is 0.115 e. The Kier molecular flexibility index (Phi) is 2.96. The monoisotopic (exact) mass is 246 g/mol. The molecule has 0 fully saturated rings. The maximum Gasteiger partial charge on any atom is 0.115 e. The van der Waals surface area contributed by atoms with Crippen molar-refractivity contribution in [3.63, 3.8) is 0 Å². The summed E-state index contributed by atoms with van der Waals surface area (Å²) in [5, 5.41) is 3.42. The van der Waals surface area contributed by atoms with Crippen LogP contribution in [0, 0.1) is 0 Å². The third-order valence-electron chi connectivity index (χ3n) is 2.89. The predicted molar refractivity (Wildman–Crippen MR) is 71.4 cm³/mol. The fraction of sp³-hybridized carbons (Fsp3) is 0.308. The summed E-state index contributed by atoms with van der Waals surface area (Å²) in [6.07, 6.45) is 6.37. The highest BCUT2D eigenvalue weighted by Gasteiger charge is 2.10. The van der Waals surface area contributed by atoms with Gasteiger partial charge < -0.3 is 10.1 Å². The van der Waals surface area contributed by atoms with Crippen molar-refractivity contribution < 1.29 is 4.74 Å². The van der Waals surface area contributed by atoms with Crippen molar-refractivity contribution in [2.45, 2.75) is 18.9 Å². The topological polar surface area (TPSA) is 34.1 Å². The maximum atomic E-state index is 5.52. The van der Waals surface area contributed by atoms with Crippen LogP contribution in [-0.4, -0.2) is 17.6 Å². The van der Waals surface area contributed by atoms with E-state index in [1.807, 2.05) is 11.8 Å². The number of nitrogens with one attached hydrogen (secondary N) is 1. The van der Waals surface area contributed by atoms with E-state index in [9.17, 15) is 0 Å². The summed E-state index contributed by atoms with van der Waals surface area (Å²) in [6.45, 7) is 0.856. The van der Waals surface area contributed by atoms with E-state index in [0.29, 0.717) is 0 Å². The van der Waals surface area contributed by atoms with Crippen LogP contribution in [0.2, 0.25) is 0 Å². The van der Waals surface area contributed by atoms with E-state index >= 15 is 0 Å². The number of aromatic nitrogens is 1. The van der Waals surface area contributed by atoms with Gasteiger partial charge in [0.15, 0.2) is 0 Å². The average molecular weight is 246 g/mol. The van der Waals surface area contributed by atoms with Gasteiger partial charge in [-0.3, -0.25) is 0 Å². The van der Waals surface area contributed by atoms with Crippen molar-refractivity contribution in [2.24, 2.45) is 0 Å². The molecule has 0 radical (unpaired) electrons. The SMILES string of the molecule is C1=COC(CNc2ccc3ncsc3c2)CC1. The normalized spacial score (nSPS) is 19.2. The fourth-order valence-corrected chi connectivity index (χ4v) is 2.65. The molecular formula is C13H14N2OS. The molecule has 2 heterocycles. The van der Waals surface area contributed by atoms with Gasteiger partial charge in [-0.05, 0) is 37.1 Å². The second kappa shape index (κ2) is 4.75. The molecule has 0 aliphatic carbocycles. The predicted octanol–water partition coefficient (Wildman–Crippen LogP) is 3.40. The number of hydrogen-bond donors (Lipinski definition) is 1. The number of nitrogens with zero attached hydrogens (tertiary/aromatic N) is 1. The molecule has 0 amide bonds. The first-order valence-corrected chi connectivity index (χ1v) is 6.67. The summed E-state index contributed by atoms with van der Waals surface area (Å²) in [4.78, 5) is 4.27. The molecule has 0 bridgehead atoms. The summed E-state index contributed by atoms with van der Waals surface area (Å²) >= 11 is 1.67. The van der Waals surface area contributed by atoms with Crippen molar-refractivity contribution in [2.75, 3.05) is 11.9 Å². The van der Waals surface area contributed by atoms with E-state index in [-0.39, 0.29) is 6.10 Å². The maximum absolute atomic E-state index is 5.52. The van der Waals surface area contributed by atoms with E-state index < -0.39 is 0 Å². The minimum absolute atomic E-state index is 0.289. The Labute approximate surface area is 104 Å². The van der Waals surface area contributed by atoms with Gasteiger partial charge in [-0.25, -0.2) is 4.98 Å². The molecule has 3 rings (SSSR count). The molecule has 1 aliphatic rings. The van der Waals surface area contributed by atoms with Gasteiger partial charge in [0.05, 0.1) is 28.5 Å². The van der Waals surface area contributed by atoms with Gasteiger partial charge in [-0.1, -0.05) is 0 Å². The lowest BCUT2D eigenvalue weighted by Gasteiger charge is -2.20. The number of fused-ring (bicyclic) bond motifs is 1. The number of anilines is 1. The highest BCUT2D eigenvalue weighted by atomic mass is 32.1. The van der Waals surface area contributed by atoms with Gasteiger partial charge in [-0.15, -0.1) is 11.3 Å². The molecule has 1 aliphatic heterocycles. The second-order valence-electron chi connectivity index (χ2n) is 4.12. The molecule has 1 N–H and O–H groups in total. The van der Waals surface area contributed by atoms with E-state index in [1.54, 1.807) is 11.3 Å². The second-order valence-corrected chi connectivity index (χ2v) is 5.01. The summed E-state index contributed by atoms with van der Waals surface area (Å²) in [6, 6.07) is 6.27. The summed E-state index contributed by atoms with van der Waals surface area (Å²) in [7, 11) is 0. The lowest BCUT2D eigenvalue weighted by atomic mass is 10.1. The Morgan fingerprint density at radius 1 is 1.47 bits per heavy atom. The summed E-state index contributed by atoms with van der Waals surface area (Å²) < 4.78 is 6.74. The van der Waals surface area contributed by atoms with Crippen molar-refractivity contribution in [3.05, 3.63) is 36.0 Å². The lowest BCUT2D eigenvalue weighted by Crippen LogP contribution is -2.22. The molecule has 2 aromatic rings. The van der Waals surface area contributed by atoms with Crippen LogP contribution in [0.15, 0.2) is 36.0 Å². The van der Waals surface area contributed by atoms with E-state index in [2.05, 4.69) is 34.6 Å². The zero-order valence-corrected chi connectivity index (χ0v) is 10.2. The van der Waals surface area contributed by atoms with Crippen LogP contribution in [-0.2, 0) is 4.74 Å². The van der Waals surface area contributed by atoms with E-state index in [1.165, 1.54) is 4.70 Å². The van der Waals surface area contributed by atoms with Crippen LogP contribution in [0.3, 0.4) is 0 Å². The highest BCUT2D eigenvalue weighted by molar-refractivity contribution is 7.16. The lowest BCUT2D eigenvalue weighted by molar-refractivity contribution is 0.135. The number of hydrogen-bond acceptors (Lipinski definition) is 4. The molecule has 88 valence electrons. The Morgan fingerprint density at radius 2 is 2.47 bits per heavy atom. The molecule has 0 spiro atoms. The third-order valence-corrected chi connectivity index (χ3v) is 3.68. The van der Waals surface area contributed by atoms with Crippen LogP contribution < -0.4 is 5.32 Å². The average Bonchev–Trinajstić information content (AvgIpc) is 2.85. The van der Waals surface area contributed by atoms with Crippen LogP contribution in [0.4, 0.5) is 5.69 Å².